The normalized spacial score (nSPS) is 17.2. The summed E-state index contributed by atoms with van der Waals surface area (Å²) in [7, 11) is 0. The zero-order valence-corrected chi connectivity index (χ0v) is 34.6. The molecule has 0 spiro atoms. The lowest BCUT2D eigenvalue weighted by molar-refractivity contribution is -0.124. The maximum absolute atomic E-state index is 15.5. The second-order valence-electron chi connectivity index (χ2n) is 16.7. The average Bonchev–Trinajstić information content (AvgIpc) is 3.80. The molecule has 3 atom stereocenters. The predicted molar refractivity (Wildman–Crippen MR) is 232 cm³/mol. The van der Waals surface area contributed by atoms with Crippen LogP contribution in [0.4, 0.5) is 25.4 Å². The fraction of sp³-hybridized carbons (Fsp3) is 0.327. The van der Waals surface area contributed by atoms with Crippen molar-refractivity contribution in [1.82, 2.24) is 10.6 Å². The minimum absolute atomic E-state index is 0.0622. The first kappa shape index (κ1) is 41.3. The molecular formula is C49H51FN4O7. The Bertz CT molecular complexity index is 2300. The van der Waals surface area contributed by atoms with Gasteiger partial charge in [-0.1, -0.05) is 91.0 Å². The number of nitrogens with one attached hydrogen (secondary N) is 2. The predicted octanol–water partition coefficient (Wildman–Crippen LogP) is 8.04. The number of fused-ring (bicyclic) bond motifs is 3. The lowest BCUT2D eigenvalue weighted by Gasteiger charge is -2.29. The minimum Gasteiger partial charge on any atom is -0.488 e. The number of amides is 3. The topological polar surface area (TPSA) is 119 Å². The van der Waals surface area contributed by atoms with Crippen molar-refractivity contribution in [3.05, 3.63) is 149 Å². The average molecular weight is 827 g/mol. The van der Waals surface area contributed by atoms with Gasteiger partial charge in [0.1, 0.15) is 35.9 Å². The fourth-order valence-corrected chi connectivity index (χ4v) is 8.33. The summed E-state index contributed by atoms with van der Waals surface area (Å²) in [5.74, 6) is -0.433. The summed E-state index contributed by atoms with van der Waals surface area (Å²) in [6.45, 7) is 8.19. The number of alkyl carbamates (subject to hydrolysis) is 1. The molecule has 12 heteroatoms. The highest BCUT2D eigenvalue weighted by Gasteiger charge is 2.40. The zero-order chi connectivity index (χ0) is 42.5. The summed E-state index contributed by atoms with van der Waals surface area (Å²) in [4.78, 5) is 45.0. The van der Waals surface area contributed by atoms with E-state index in [9.17, 15) is 14.4 Å². The van der Waals surface area contributed by atoms with E-state index >= 15 is 4.39 Å². The standard InChI is InChI=1S/C49H51FN4O7/c1-49(2,3)61-35-20-17-33(18-21-35)28-43(52-47(56)59-31-40-38-15-9-7-13-36(38)37-14-8-10-16-39(37)40)46(55)51-42(27-32-11-5-4-6-12-32)45-30-54(48(57)60-45)34-19-22-44(41(50)29-34)53-23-25-58-26-24-53/h4-22,29,40,42-43,45H,23-28,30-31H2,1-3H3,(H,51,55)(H,52,56)/t42-,43-,45-/m0/s1. The van der Waals surface area contributed by atoms with Gasteiger partial charge in [-0.2, -0.15) is 0 Å². The summed E-state index contributed by atoms with van der Waals surface area (Å²) in [5, 5.41) is 5.98. The summed E-state index contributed by atoms with van der Waals surface area (Å²) >= 11 is 0. The van der Waals surface area contributed by atoms with Gasteiger partial charge in [-0.25, -0.2) is 14.0 Å². The molecule has 5 aromatic rings. The van der Waals surface area contributed by atoms with Crippen molar-refractivity contribution in [2.75, 3.05) is 49.3 Å². The Kier molecular flexibility index (Phi) is 12.2. The Morgan fingerprint density at radius 3 is 2.10 bits per heavy atom. The lowest BCUT2D eigenvalue weighted by atomic mass is 9.98. The van der Waals surface area contributed by atoms with Crippen LogP contribution in [0.5, 0.6) is 5.75 Å². The SMILES string of the molecule is CC(C)(C)Oc1ccc(C[C@H](NC(=O)OCC2c3ccccc3-c3ccccc32)C(=O)N[C@@H](Cc2ccccc2)[C@@H]2CN(c3ccc(N4CCOCC4)c(F)c3)C(=O)O2)cc1. The van der Waals surface area contributed by atoms with Gasteiger partial charge in [-0.3, -0.25) is 9.69 Å². The molecule has 5 aromatic carbocycles. The molecule has 2 N–H and O–H groups in total. The van der Waals surface area contributed by atoms with Crippen molar-refractivity contribution in [2.45, 2.75) is 63.3 Å². The summed E-state index contributed by atoms with van der Waals surface area (Å²) in [6, 6.07) is 36.1. The highest BCUT2D eigenvalue weighted by atomic mass is 19.1. The van der Waals surface area contributed by atoms with Crippen LogP contribution in [0, 0.1) is 5.82 Å². The van der Waals surface area contributed by atoms with E-state index in [2.05, 4.69) is 22.8 Å². The summed E-state index contributed by atoms with van der Waals surface area (Å²) in [6.07, 6.45) is -1.74. The molecule has 0 saturated carbocycles. The van der Waals surface area contributed by atoms with Crippen LogP contribution in [-0.2, 0) is 31.8 Å². The number of hydrogen-bond acceptors (Lipinski definition) is 8. The van der Waals surface area contributed by atoms with Gasteiger partial charge in [0.25, 0.3) is 0 Å². The number of carbonyl (C=O) groups is 3. The number of morpholine rings is 1. The molecule has 0 unspecified atom stereocenters. The van der Waals surface area contributed by atoms with Gasteiger partial charge in [-0.05, 0) is 90.9 Å². The molecule has 2 aliphatic heterocycles. The number of carbonyl (C=O) groups excluding carboxylic acids is 3. The molecular weight excluding hydrogens is 776 g/mol. The Hall–Kier alpha value is -6.40. The number of hydrogen-bond donors (Lipinski definition) is 2. The number of anilines is 2. The Balaban J connectivity index is 1.01. The van der Waals surface area contributed by atoms with Crippen molar-refractivity contribution in [3.63, 3.8) is 0 Å². The van der Waals surface area contributed by atoms with E-state index in [0.29, 0.717) is 49.8 Å². The maximum Gasteiger partial charge on any atom is 0.414 e. The molecule has 1 aliphatic carbocycles. The second kappa shape index (κ2) is 18.1. The molecule has 2 heterocycles. The van der Waals surface area contributed by atoms with E-state index < -0.39 is 47.7 Å². The number of rotatable bonds is 13. The van der Waals surface area contributed by atoms with E-state index in [0.717, 1.165) is 33.4 Å². The Labute approximate surface area is 355 Å². The van der Waals surface area contributed by atoms with Gasteiger partial charge in [0.05, 0.1) is 37.2 Å². The first-order valence-electron chi connectivity index (χ1n) is 20.8. The van der Waals surface area contributed by atoms with Crippen LogP contribution in [-0.4, -0.2) is 81.3 Å². The van der Waals surface area contributed by atoms with Crippen LogP contribution >= 0.6 is 0 Å². The van der Waals surface area contributed by atoms with Crippen LogP contribution < -0.4 is 25.2 Å². The minimum atomic E-state index is -1.07. The maximum atomic E-state index is 15.5. The van der Waals surface area contributed by atoms with E-state index in [1.807, 2.05) is 117 Å². The van der Waals surface area contributed by atoms with Crippen molar-refractivity contribution in [2.24, 2.45) is 0 Å². The first-order valence-corrected chi connectivity index (χ1v) is 20.8. The fourth-order valence-electron chi connectivity index (χ4n) is 8.33. The monoisotopic (exact) mass is 826 g/mol. The van der Waals surface area contributed by atoms with E-state index in [1.165, 1.54) is 11.0 Å². The van der Waals surface area contributed by atoms with Gasteiger partial charge >= 0.3 is 12.2 Å². The molecule has 2 fully saturated rings. The molecule has 8 rings (SSSR count). The summed E-state index contributed by atoms with van der Waals surface area (Å²) < 4.78 is 38.8. The van der Waals surface area contributed by atoms with Crippen LogP contribution in [0.2, 0.25) is 0 Å². The van der Waals surface area contributed by atoms with E-state index in [4.69, 9.17) is 18.9 Å². The van der Waals surface area contributed by atoms with Crippen molar-refractivity contribution in [3.8, 4) is 16.9 Å². The molecule has 0 radical (unpaired) electrons. The van der Waals surface area contributed by atoms with Crippen molar-refractivity contribution >= 4 is 29.5 Å². The van der Waals surface area contributed by atoms with Crippen molar-refractivity contribution < 1.29 is 37.7 Å². The summed E-state index contributed by atoms with van der Waals surface area (Å²) in [5.41, 5.74) is 6.43. The van der Waals surface area contributed by atoms with Crippen molar-refractivity contribution in [1.29, 1.82) is 0 Å². The Morgan fingerprint density at radius 1 is 0.803 bits per heavy atom. The highest BCUT2D eigenvalue weighted by molar-refractivity contribution is 5.91. The third kappa shape index (κ3) is 9.81. The molecule has 11 nitrogen and oxygen atoms in total. The number of cyclic esters (lactones) is 1. The molecule has 2 saturated heterocycles. The molecule has 0 aromatic heterocycles. The molecule has 3 amide bonds. The third-order valence-corrected chi connectivity index (χ3v) is 11.2. The van der Waals surface area contributed by atoms with Gasteiger partial charge < -0.3 is 34.5 Å². The van der Waals surface area contributed by atoms with Crippen LogP contribution in [0.15, 0.2) is 121 Å². The first-order chi connectivity index (χ1) is 29.5. The quantitative estimate of drug-likeness (QED) is 0.123. The number of nitrogens with zero attached hydrogens (tertiary/aromatic N) is 2. The highest BCUT2D eigenvalue weighted by Crippen LogP contribution is 2.44. The number of ether oxygens (including phenoxy) is 4. The second-order valence-corrected chi connectivity index (χ2v) is 16.7. The van der Waals surface area contributed by atoms with Crippen LogP contribution in [0.1, 0.15) is 48.9 Å². The van der Waals surface area contributed by atoms with Gasteiger partial charge in [0.2, 0.25) is 5.91 Å². The molecule has 0 bridgehead atoms. The number of halogens is 1. The van der Waals surface area contributed by atoms with Crippen LogP contribution in [0.25, 0.3) is 11.1 Å². The Morgan fingerprint density at radius 2 is 1.44 bits per heavy atom. The van der Waals surface area contributed by atoms with E-state index in [-0.39, 0.29) is 25.5 Å². The van der Waals surface area contributed by atoms with Gasteiger partial charge in [-0.15, -0.1) is 0 Å². The number of benzene rings is 5. The third-order valence-electron chi connectivity index (χ3n) is 11.2. The van der Waals surface area contributed by atoms with E-state index in [1.54, 1.807) is 12.1 Å². The molecule has 316 valence electrons. The van der Waals surface area contributed by atoms with Gasteiger partial charge in [0.15, 0.2) is 0 Å². The van der Waals surface area contributed by atoms with Crippen LogP contribution in [0.3, 0.4) is 0 Å². The largest absolute Gasteiger partial charge is 0.488 e. The van der Waals surface area contributed by atoms with Gasteiger partial charge in [0, 0.05) is 25.4 Å². The molecule has 3 aliphatic rings. The molecule has 61 heavy (non-hydrogen) atoms. The zero-order valence-electron chi connectivity index (χ0n) is 34.6. The smallest absolute Gasteiger partial charge is 0.414 e. The lowest BCUT2D eigenvalue weighted by Crippen LogP contribution is -2.54.